The van der Waals surface area contributed by atoms with Gasteiger partial charge in [-0.3, -0.25) is 0 Å². The van der Waals surface area contributed by atoms with Crippen LogP contribution in [0.25, 0.3) is 0 Å². The number of rotatable bonds is 5. The molecule has 2 aliphatic rings. The fourth-order valence-corrected chi connectivity index (χ4v) is 2.95. The van der Waals surface area contributed by atoms with Crippen LogP contribution in [0.4, 0.5) is 0 Å². The molecule has 21 heavy (non-hydrogen) atoms. The first kappa shape index (κ1) is 14.5. The standard InChI is InChI=1S/C16H23NO4/c1-17(9-12-3-4-19-11-12)10-13-7-15-16(8-14(13)18-2)21-6-5-20-15/h7-8,12H,3-6,9-11H2,1-2H3. The molecule has 2 heterocycles. The van der Waals surface area contributed by atoms with Crippen LogP contribution in [0, 0.1) is 5.92 Å². The number of benzene rings is 1. The molecule has 2 aliphatic heterocycles. The summed E-state index contributed by atoms with van der Waals surface area (Å²) in [5, 5.41) is 0. The molecule has 0 aliphatic carbocycles. The quantitative estimate of drug-likeness (QED) is 0.829. The third kappa shape index (κ3) is 3.41. The van der Waals surface area contributed by atoms with E-state index in [2.05, 4.69) is 11.9 Å². The third-order valence-corrected chi connectivity index (χ3v) is 3.98. The zero-order valence-electron chi connectivity index (χ0n) is 12.8. The molecule has 0 saturated carbocycles. The molecule has 1 fully saturated rings. The Bertz CT molecular complexity index is 485. The number of nitrogens with zero attached hydrogens (tertiary/aromatic N) is 1. The van der Waals surface area contributed by atoms with Crippen LogP contribution in [-0.4, -0.2) is 52.0 Å². The van der Waals surface area contributed by atoms with Crippen molar-refractivity contribution >= 4 is 0 Å². The minimum absolute atomic E-state index is 0.594. The van der Waals surface area contributed by atoms with Crippen LogP contribution in [0.1, 0.15) is 12.0 Å². The Balaban J connectivity index is 1.70. The van der Waals surface area contributed by atoms with Crippen molar-refractivity contribution in [2.75, 3.05) is 47.1 Å². The van der Waals surface area contributed by atoms with Crippen LogP contribution in [0.3, 0.4) is 0 Å². The number of fused-ring (bicyclic) bond motifs is 1. The van der Waals surface area contributed by atoms with Gasteiger partial charge < -0.3 is 23.8 Å². The lowest BCUT2D eigenvalue weighted by Gasteiger charge is -2.24. The van der Waals surface area contributed by atoms with Crippen molar-refractivity contribution in [3.63, 3.8) is 0 Å². The average Bonchev–Trinajstić information content (AvgIpc) is 2.99. The van der Waals surface area contributed by atoms with Crippen molar-refractivity contribution in [1.29, 1.82) is 0 Å². The zero-order chi connectivity index (χ0) is 14.7. The summed E-state index contributed by atoms with van der Waals surface area (Å²) in [6.45, 7) is 4.84. The van der Waals surface area contributed by atoms with Crippen LogP contribution in [0.2, 0.25) is 0 Å². The highest BCUT2D eigenvalue weighted by molar-refractivity contribution is 5.51. The summed E-state index contributed by atoms with van der Waals surface area (Å²) in [6, 6.07) is 3.96. The summed E-state index contributed by atoms with van der Waals surface area (Å²) < 4.78 is 22.2. The lowest BCUT2D eigenvalue weighted by molar-refractivity contribution is 0.168. The molecule has 1 aromatic rings. The topological polar surface area (TPSA) is 40.2 Å². The molecular weight excluding hydrogens is 270 g/mol. The van der Waals surface area contributed by atoms with E-state index >= 15 is 0 Å². The van der Waals surface area contributed by atoms with Gasteiger partial charge in [0.2, 0.25) is 0 Å². The molecule has 0 N–H and O–H groups in total. The van der Waals surface area contributed by atoms with Gasteiger partial charge in [-0.2, -0.15) is 0 Å². The van der Waals surface area contributed by atoms with Gasteiger partial charge in [0.1, 0.15) is 19.0 Å². The molecule has 1 aromatic carbocycles. The highest BCUT2D eigenvalue weighted by Gasteiger charge is 2.20. The molecule has 3 rings (SSSR count). The monoisotopic (exact) mass is 293 g/mol. The summed E-state index contributed by atoms with van der Waals surface area (Å²) in [5.41, 5.74) is 1.13. The second kappa shape index (κ2) is 6.54. The van der Waals surface area contributed by atoms with Crippen LogP contribution in [0.15, 0.2) is 12.1 Å². The Morgan fingerprint density at radius 1 is 1.19 bits per heavy atom. The summed E-state index contributed by atoms with van der Waals surface area (Å²) >= 11 is 0. The Kier molecular flexibility index (Phi) is 4.51. The molecule has 5 heteroatoms. The summed E-state index contributed by atoms with van der Waals surface area (Å²) in [4.78, 5) is 2.31. The van der Waals surface area contributed by atoms with E-state index in [-0.39, 0.29) is 0 Å². The number of ether oxygens (including phenoxy) is 4. The minimum Gasteiger partial charge on any atom is -0.496 e. The van der Waals surface area contributed by atoms with E-state index in [1.807, 2.05) is 12.1 Å². The van der Waals surface area contributed by atoms with Gasteiger partial charge >= 0.3 is 0 Å². The number of hydrogen-bond acceptors (Lipinski definition) is 5. The Labute approximate surface area is 125 Å². The fraction of sp³-hybridized carbons (Fsp3) is 0.625. The maximum Gasteiger partial charge on any atom is 0.165 e. The van der Waals surface area contributed by atoms with E-state index in [4.69, 9.17) is 18.9 Å². The highest BCUT2D eigenvalue weighted by atomic mass is 16.6. The molecule has 0 bridgehead atoms. The molecule has 0 amide bonds. The smallest absolute Gasteiger partial charge is 0.165 e. The normalized spacial score (nSPS) is 20.8. The predicted molar refractivity (Wildman–Crippen MR) is 79.2 cm³/mol. The maximum atomic E-state index is 5.66. The van der Waals surface area contributed by atoms with E-state index in [9.17, 15) is 0 Å². The van der Waals surface area contributed by atoms with E-state index in [0.717, 1.165) is 55.5 Å². The Morgan fingerprint density at radius 3 is 2.62 bits per heavy atom. The molecule has 5 nitrogen and oxygen atoms in total. The van der Waals surface area contributed by atoms with Crippen LogP contribution >= 0.6 is 0 Å². The van der Waals surface area contributed by atoms with Gasteiger partial charge in [0.25, 0.3) is 0 Å². The van der Waals surface area contributed by atoms with Crippen molar-refractivity contribution in [1.82, 2.24) is 4.90 Å². The first-order valence-electron chi connectivity index (χ1n) is 7.49. The van der Waals surface area contributed by atoms with Crippen LogP contribution < -0.4 is 14.2 Å². The Hall–Kier alpha value is -1.46. The molecule has 0 aromatic heterocycles. The van der Waals surface area contributed by atoms with Gasteiger partial charge in [-0.05, 0) is 25.5 Å². The van der Waals surface area contributed by atoms with Crippen molar-refractivity contribution in [2.24, 2.45) is 5.92 Å². The van der Waals surface area contributed by atoms with E-state index in [1.165, 1.54) is 0 Å². The fourth-order valence-electron chi connectivity index (χ4n) is 2.95. The Morgan fingerprint density at radius 2 is 1.95 bits per heavy atom. The molecule has 0 radical (unpaired) electrons. The maximum absolute atomic E-state index is 5.66. The third-order valence-electron chi connectivity index (χ3n) is 3.98. The first-order chi connectivity index (χ1) is 10.3. The lowest BCUT2D eigenvalue weighted by atomic mass is 10.1. The van der Waals surface area contributed by atoms with Crippen molar-refractivity contribution in [3.8, 4) is 17.2 Å². The largest absolute Gasteiger partial charge is 0.496 e. The summed E-state index contributed by atoms with van der Waals surface area (Å²) in [7, 11) is 3.83. The van der Waals surface area contributed by atoms with E-state index in [1.54, 1.807) is 7.11 Å². The van der Waals surface area contributed by atoms with Gasteiger partial charge in [0, 0.05) is 31.3 Å². The molecule has 1 atom stereocenters. The van der Waals surface area contributed by atoms with Gasteiger partial charge in [-0.15, -0.1) is 0 Å². The molecular formula is C16H23NO4. The van der Waals surface area contributed by atoms with Crippen molar-refractivity contribution < 1.29 is 18.9 Å². The van der Waals surface area contributed by atoms with Gasteiger partial charge in [0.05, 0.1) is 13.7 Å². The number of methoxy groups -OCH3 is 1. The molecule has 1 saturated heterocycles. The van der Waals surface area contributed by atoms with E-state index < -0.39 is 0 Å². The highest BCUT2D eigenvalue weighted by Crippen LogP contribution is 2.37. The predicted octanol–water partition coefficient (Wildman–Crippen LogP) is 1.93. The first-order valence-corrected chi connectivity index (χ1v) is 7.49. The lowest BCUT2D eigenvalue weighted by Crippen LogP contribution is -2.26. The minimum atomic E-state index is 0.594. The zero-order valence-corrected chi connectivity index (χ0v) is 12.8. The SMILES string of the molecule is COc1cc2c(cc1CN(C)CC1CCOC1)OCCO2. The average molecular weight is 293 g/mol. The summed E-state index contributed by atoms with van der Waals surface area (Å²) in [5.74, 6) is 3.08. The molecule has 1 unspecified atom stereocenters. The molecule has 0 spiro atoms. The van der Waals surface area contributed by atoms with Gasteiger partial charge in [-0.1, -0.05) is 0 Å². The van der Waals surface area contributed by atoms with Gasteiger partial charge in [-0.25, -0.2) is 0 Å². The second-order valence-electron chi connectivity index (χ2n) is 5.73. The van der Waals surface area contributed by atoms with Crippen molar-refractivity contribution in [2.45, 2.75) is 13.0 Å². The number of hydrogen-bond donors (Lipinski definition) is 0. The second-order valence-corrected chi connectivity index (χ2v) is 5.73. The van der Waals surface area contributed by atoms with E-state index in [0.29, 0.717) is 19.1 Å². The van der Waals surface area contributed by atoms with Gasteiger partial charge in [0.15, 0.2) is 11.5 Å². The summed E-state index contributed by atoms with van der Waals surface area (Å²) in [6.07, 6.45) is 1.16. The van der Waals surface area contributed by atoms with Crippen molar-refractivity contribution in [3.05, 3.63) is 17.7 Å². The molecule has 116 valence electrons. The van der Waals surface area contributed by atoms with Crippen LogP contribution in [0.5, 0.6) is 17.2 Å². The van der Waals surface area contributed by atoms with Crippen LogP contribution in [-0.2, 0) is 11.3 Å².